The van der Waals surface area contributed by atoms with Crippen molar-refractivity contribution >= 4 is 17.5 Å². The molecule has 0 unspecified atom stereocenters. The molecular formula is C16H21ClN4O2. The van der Waals surface area contributed by atoms with Crippen LogP contribution in [0.4, 0.5) is 0 Å². The number of piperidine rings is 1. The molecule has 1 aliphatic rings. The van der Waals surface area contributed by atoms with Gasteiger partial charge in [-0.3, -0.25) is 14.4 Å². The van der Waals surface area contributed by atoms with Crippen molar-refractivity contribution in [2.24, 2.45) is 5.92 Å². The first-order chi connectivity index (χ1) is 11.2. The zero-order chi connectivity index (χ0) is 16.1. The number of carbonyl (C=O) groups excluding carboxylic acids is 1. The van der Waals surface area contributed by atoms with E-state index in [-0.39, 0.29) is 12.5 Å². The largest absolute Gasteiger partial charge is 0.468 e. The maximum Gasteiger partial charge on any atom is 0.241 e. The van der Waals surface area contributed by atoms with Crippen LogP contribution in [0.2, 0.25) is 5.02 Å². The summed E-state index contributed by atoms with van der Waals surface area (Å²) in [4.78, 5) is 14.3. The van der Waals surface area contributed by atoms with Gasteiger partial charge in [0.05, 0.1) is 24.0 Å². The van der Waals surface area contributed by atoms with Gasteiger partial charge in [0.25, 0.3) is 0 Å². The van der Waals surface area contributed by atoms with E-state index in [4.69, 9.17) is 16.0 Å². The van der Waals surface area contributed by atoms with Crippen molar-refractivity contribution in [3.05, 3.63) is 41.6 Å². The Kier molecular flexibility index (Phi) is 5.35. The molecule has 124 valence electrons. The molecule has 7 heteroatoms. The zero-order valence-electron chi connectivity index (χ0n) is 12.9. The number of hydrogen-bond acceptors (Lipinski definition) is 4. The fraction of sp³-hybridized carbons (Fsp3) is 0.500. The van der Waals surface area contributed by atoms with E-state index in [1.807, 2.05) is 12.1 Å². The van der Waals surface area contributed by atoms with Crippen molar-refractivity contribution in [3.8, 4) is 0 Å². The maximum atomic E-state index is 12.0. The predicted octanol–water partition coefficient (Wildman–Crippen LogP) is 2.16. The molecule has 0 radical (unpaired) electrons. The Bertz CT molecular complexity index is 626. The highest BCUT2D eigenvalue weighted by Gasteiger charge is 2.21. The first kappa shape index (κ1) is 16.1. The number of furan rings is 1. The molecular weight excluding hydrogens is 316 g/mol. The monoisotopic (exact) mass is 336 g/mol. The van der Waals surface area contributed by atoms with Crippen LogP contribution in [0.5, 0.6) is 0 Å². The molecule has 23 heavy (non-hydrogen) atoms. The molecule has 0 spiro atoms. The van der Waals surface area contributed by atoms with Gasteiger partial charge in [0, 0.05) is 19.3 Å². The molecule has 0 aliphatic carbocycles. The van der Waals surface area contributed by atoms with E-state index in [9.17, 15) is 4.79 Å². The summed E-state index contributed by atoms with van der Waals surface area (Å²) in [5.41, 5.74) is 0. The number of rotatable bonds is 6. The fourth-order valence-electron chi connectivity index (χ4n) is 2.97. The lowest BCUT2D eigenvalue weighted by molar-refractivity contribution is -0.122. The van der Waals surface area contributed by atoms with Crippen LogP contribution in [-0.4, -0.2) is 40.2 Å². The summed E-state index contributed by atoms with van der Waals surface area (Å²) in [5, 5.41) is 7.55. The molecule has 2 aromatic rings. The molecule has 6 nitrogen and oxygen atoms in total. The van der Waals surface area contributed by atoms with E-state index in [2.05, 4.69) is 15.3 Å². The fourth-order valence-corrected chi connectivity index (χ4v) is 3.13. The van der Waals surface area contributed by atoms with Crippen LogP contribution < -0.4 is 5.32 Å². The van der Waals surface area contributed by atoms with Crippen LogP contribution in [0.25, 0.3) is 0 Å². The molecule has 2 aromatic heterocycles. The third kappa shape index (κ3) is 4.84. The minimum absolute atomic E-state index is 0.0343. The summed E-state index contributed by atoms with van der Waals surface area (Å²) < 4.78 is 6.95. The van der Waals surface area contributed by atoms with Crippen molar-refractivity contribution in [3.63, 3.8) is 0 Å². The highest BCUT2D eigenvalue weighted by molar-refractivity contribution is 6.30. The molecule has 1 aliphatic heterocycles. The number of halogens is 1. The molecule has 0 bridgehead atoms. The lowest BCUT2D eigenvalue weighted by atomic mass is 9.98. The molecule has 1 N–H and O–H groups in total. The molecule has 1 atom stereocenters. The standard InChI is InChI=1S/C16H21ClN4O2/c17-14-8-19-21(10-14)12-16(22)18-7-13-3-1-5-20(9-13)11-15-4-2-6-23-15/h2,4,6,8,10,13H,1,3,5,7,9,11-12H2,(H,18,22)/t13-/m1/s1. The van der Waals surface area contributed by atoms with Gasteiger partial charge in [-0.2, -0.15) is 5.10 Å². The van der Waals surface area contributed by atoms with E-state index in [1.165, 1.54) is 6.20 Å². The third-order valence-corrected chi connectivity index (χ3v) is 4.25. The smallest absolute Gasteiger partial charge is 0.241 e. The van der Waals surface area contributed by atoms with Crippen LogP contribution in [0.15, 0.2) is 35.2 Å². The highest BCUT2D eigenvalue weighted by Crippen LogP contribution is 2.18. The van der Waals surface area contributed by atoms with E-state index in [1.54, 1.807) is 17.1 Å². The number of likely N-dealkylation sites (tertiary alicyclic amines) is 1. The lowest BCUT2D eigenvalue weighted by Crippen LogP contribution is -2.41. The molecule has 0 saturated carbocycles. The minimum Gasteiger partial charge on any atom is -0.468 e. The van der Waals surface area contributed by atoms with Crippen LogP contribution >= 0.6 is 11.6 Å². The number of carbonyl (C=O) groups is 1. The maximum absolute atomic E-state index is 12.0. The van der Waals surface area contributed by atoms with Crippen LogP contribution in [0.1, 0.15) is 18.6 Å². The van der Waals surface area contributed by atoms with Crippen molar-refractivity contribution in [2.75, 3.05) is 19.6 Å². The van der Waals surface area contributed by atoms with Gasteiger partial charge < -0.3 is 9.73 Å². The van der Waals surface area contributed by atoms with Gasteiger partial charge in [-0.15, -0.1) is 0 Å². The summed E-state index contributed by atoms with van der Waals surface area (Å²) in [6.45, 7) is 3.80. The Morgan fingerprint density at radius 1 is 1.52 bits per heavy atom. The highest BCUT2D eigenvalue weighted by atomic mass is 35.5. The van der Waals surface area contributed by atoms with Crippen LogP contribution in [0, 0.1) is 5.92 Å². The Hall–Kier alpha value is -1.79. The van der Waals surface area contributed by atoms with Crippen LogP contribution in [-0.2, 0) is 17.9 Å². The Labute approximate surface area is 140 Å². The topological polar surface area (TPSA) is 63.3 Å². The number of nitrogens with one attached hydrogen (secondary N) is 1. The zero-order valence-corrected chi connectivity index (χ0v) is 13.7. The SMILES string of the molecule is O=C(Cn1cc(Cl)cn1)NC[C@H]1CCCN(Cc2ccco2)C1. The summed E-state index contributed by atoms with van der Waals surface area (Å²) in [6.07, 6.45) is 7.17. The first-order valence-corrected chi connectivity index (χ1v) is 8.26. The van der Waals surface area contributed by atoms with Gasteiger partial charge in [-0.1, -0.05) is 11.6 Å². The van der Waals surface area contributed by atoms with Gasteiger partial charge in [-0.05, 0) is 37.4 Å². The molecule has 1 amide bonds. The summed E-state index contributed by atoms with van der Waals surface area (Å²) in [7, 11) is 0. The number of hydrogen-bond donors (Lipinski definition) is 1. The summed E-state index contributed by atoms with van der Waals surface area (Å²) in [5.74, 6) is 1.43. The second-order valence-electron chi connectivity index (χ2n) is 5.98. The van der Waals surface area contributed by atoms with Crippen molar-refractivity contribution < 1.29 is 9.21 Å². The van der Waals surface area contributed by atoms with E-state index >= 15 is 0 Å². The Balaban J connectivity index is 1.41. The van der Waals surface area contributed by atoms with Gasteiger partial charge in [0.1, 0.15) is 12.3 Å². The molecule has 1 fully saturated rings. The van der Waals surface area contributed by atoms with Gasteiger partial charge in [-0.25, -0.2) is 0 Å². The van der Waals surface area contributed by atoms with Gasteiger partial charge in [0.2, 0.25) is 5.91 Å². The van der Waals surface area contributed by atoms with E-state index < -0.39 is 0 Å². The number of nitrogens with zero attached hydrogens (tertiary/aromatic N) is 3. The number of amides is 1. The predicted molar refractivity (Wildman–Crippen MR) is 87.0 cm³/mol. The first-order valence-electron chi connectivity index (χ1n) is 7.88. The number of aromatic nitrogens is 2. The lowest BCUT2D eigenvalue weighted by Gasteiger charge is -2.32. The van der Waals surface area contributed by atoms with Crippen LogP contribution in [0.3, 0.4) is 0 Å². The van der Waals surface area contributed by atoms with Crippen molar-refractivity contribution in [2.45, 2.75) is 25.9 Å². The normalized spacial score (nSPS) is 18.9. The molecule has 1 saturated heterocycles. The summed E-state index contributed by atoms with van der Waals surface area (Å²) in [6, 6.07) is 3.92. The Morgan fingerprint density at radius 2 is 2.43 bits per heavy atom. The van der Waals surface area contributed by atoms with E-state index in [0.717, 1.165) is 38.2 Å². The third-order valence-electron chi connectivity index (χ3n) is 4.06. The van der Waals surface area contributed by atoms with Gasteiger partial charge >= 0.3 is 0 Å². The molecule has 3 rings (SSSR count). The average Bonchev–Trinajstić information content (AvgIpc) is 3.18. The molecule has 0 aromatic carbocycles. The molecule has 3 heterocycles. The quantitative estimate of drug-likeness (QED) is 0.878. The Morgan fingerprint density at radius 3 is 3.17 bits per heavy atom. The average molecular weight is 337 g/mol. The minimum atomic E-state index is -0.0343. The second kappa shape index (κ2) is 7.66. The summed E-state index contributed by atoms with van der Waals surface area (Å²) >= 11 is 5.79. The second-order valence-corrected chi connectivity index (χ2v) is 6.42. The van der Waals surface area contributed by atoms with Gasteiger partial charge in [0.15, 0.2) is 0 Å². The van der Waals surface area contributed by atoms with Crippen molar-refractivity contribution in [1.29, 1.82) is 0 Å². The van der Waals surface area contributed by atoms with Crippen molar-refractivity contribution in [1.82, 2.24) is 20.0 Å². The van der Waals surface area contributed by atoms with E-state index in [0.29, 0.717) is 17.5 Å².